The van der Waals surface area contributed by atoms with Crippen LogP contribution in [-0.4, -0.2) is 23.5 Å². The number of rotatable bonds is 7. The number of nitrogens with one attached hydrogen (secondary N) is 1. The molecule has 0 aliphatic heterocycles. The molecule has 3 aromatic rings. The molecule has 0 bridgehead atoms. The number of anilines is 1. The van der Waals surface area contributed by atoms with E-state index in [0.717, 1.165) is 53.8 Å². The summed E-state index contributed by atoms with van der Waals surface area (Å²) in [7, 11) is 1.49. The van der Waals surface area contributed by atoms with Crippen molar-refractivity contribution in [3.8, 4) is 10.4 Å². The Balaban J connectivity index is 1.25. The van der Waals surface area contributed by atoms with Crippen molar-refractivity contribution in [2.45, 2.75) is 52.1 Å². The maximum Gasteiger partial charge on any atom is 0.412 e. The smallest absolute Gasteiger partial charge is 0.412 e. The van der Waals surface area contributed by atoms with Gasteiger partial charge < -0.3 is 9.47 Å². The average Bonchev–Trinajstić information content (AvgIpc) is 3.67. The molecule has 192 valence electrons. The lowest BCUT2D eigenvalue weighted by molar-refractivity contribution is -0.149. The third-order valence-corrected chi connectivity index (χ3v) is 8.72. The highest BCUT2D eigenvalue weighted by Crippen LogP contribution is 2.57. The van der Waals surface area contributed by atoms with Gasteiger partial charge in [-0.1, -0.05) is 60.7 Å². The minimum atomic E-state index is -0.500. The molecule has 6 nitrogen and oxygen atoms in total. The molecule has 37 heavy (non-hydrogen) atoms. The Kier molecular flexibility index (Phi) is 7.15. The number of methoxy groups -OCH3 is 1. The topological polar surface area (TPSA) is 77.5 Å². The molecular formula is C30H32N2O4S. The Morgan fingerprint density at radius 2 is 1.78 bits per heavy atom. The Morgan fingerprint density at radius 3 is 2.41 bits per heavy atom. The SMILES string of the molecule is COC(=O)C1(C2CC=C(c3ccc(-c4snc(C)c4NC(=O)O[C@H](C)c4ccccc4)cc3)CC2)CC1. The van der Waals surface area contributed by atoms with Gasteiger partial charge in [0, 0.05) is 0 Å². The average molecular weight is 517 g/mol. The first-order chi connectivity index (χ1) is 17.9. The molecule has 0 saturated heterocycles. The fourth-order valence-corrected chi connectivity index (χ4v) is 6.20. The van der Waals surface area contributed by atoms with E-state index in [0.29, 0.717) is 11.6 Å². The number of ether oxygens (including phenoxy) is 2. The van der Waals surface area contributed by atoms with Crippen molar-refractivity contribution in [1.29, 1.82) is 0 Å². The third-order valence-electron chi connectivity index (χ3n) is 7.73. The van der Waals surface area contributed by atoms with Crippen molar-refractivity contribution in [1.82, 2.24) is 4.37 Å². The van der Waals surface area contributed by atoms with E-state index in [9.17, 15) is 9.59 Å². The van der Waals surface area contributed by atoms with Crippen LogP contribution in [0.15, 0.2) is 60.7 Å². The molecule has 1 saturated carbocycles. The molecule has 2 aromatic carbocycles. The van der Waals surface area contributed by atoms with Gasteiger partial charge in [0.15, 0.2) is 0 Å². The first-order valence-electron chi connectivity index (χ1n) is 12.8. The third kappa shape index (κ3) is 5.18. The minimum Gasteiger partial charge on any atom is -0.469 e. The summed E-state index contributed by atoms with van der Waals surface area (Å²) < 4.78 is 15.2. The summed E-state index contributed by atoms with van der Waals surface area (Å²) in [5, 5.41) is 2.91. The van der Waals surface area contributed by atoms with Crippen LogP contribution < -0.4 is 5.32 Å². The highest BCUT2D eigenvalue weighted by atomic mass is 32.1. The Morgan fingerprint density at radius 1 is 1.08 bits per heavy atom. The van der Waals surface area contributed by atoms with Gasteiger partial charge in [-0.2, -0.15) is 4.37 Å². The van der Waals surface area contributed by atoms with Crippen molar-refractivity contribution < 1.29 is 19.1 Å². The maximum atomic E-state index is 12.7. The van der Waals surface area contributed by atoms with Gasteiger partial charge in [-0.3, -0.25) is 10.1 Å². The molecule has 2 aliphatic rings. The lowest BCUT2D eigenvalue weighted by Crippen LogP contribution is -2.28. The summed E-state index contributed by atoms with van der Waals surface area (Å²) in [6.07, 6.45) is 6.21. The summed E-state index contributed by atoms with van der Waals surface area (Å²) in [5.41, 5.74) is 5.65. The van der Waals surface area contributed by atoms with Crippen molar-refractivity contribution in [2.24, 2.45) is 11.3 Å². The molecule has 2 aliphatic carbocycles. The second-order valence-electron chi connectivity index (χ2n) is 9.98. The Bertz CT molecular complexity index is 1310. The van der Waals surface area contributed by atoms with Crippen molar-refractivity contribution >= 4 is 34.9 Å². The van der Waals surface area contributed by atoms with Crippen LogP contribution in [0, 0.1) is 18.3 Å². The lowest BCUT2D eigenvalue weighted by atomic mass is 9.77. The lowest BCUT2D eigenvalue weighted by Gasteiger charge is -2.28. The summed E-state index contributed by atoms with van der Waals surface area (Å²) in [5.74, 6) is 0.336. The van der Waals surface area contributed by atoms with Gasteiger partial charge in [0.1, 0.15) is 6.10 Å². The number of benzene rings is 2. The Labute approximate surface area is 221 Å². The first kappa shape index (κ1) is 25.2. The monoisotopic (exact) mass is 516 g/mol. The fraction of sp³-hybridized carbons (Fsp3) is 0.367. The van der Waals surface area contributed by atoms with E-state index in [-0.39, 0.29) is 17.5 Å². The van der Waals surface area contributed by atoms with E-state index in [2.05, 4.69) is 40.0 Å². The zero-order chi connectivity index (χ0) is 26.0. The van der Waals surface area contributed by atoms with Crippen LogP contribution >= 0.6 is 11.5 Å². The molecule has 1 fully saturated rings. The number of carbonyl (C=O) groups is 2. The first-order valence-corrected chi connectivity index (χ1v) is 13.6. The molecule has 1 N–H and O–H groups in total. The molecule has 7 heteroatoms. The largest absolute Gasteiger partial charge is 0.469 e. The number of aromatic nitrogens is 1. The number of carbonyl (C=O) groups excluding carboxylic acids is 2. The van der Waals surface area contributed by atoms with Gasteiger partial charge in [0.2, 0.25) is 0 Å². The predicted molar refractivity (Wildman–Crippen MR) is 146 cm³/mol. The van der Waals surface area contributed by atoms with Crippen LogP contribution in [0.2, 0.25) is 0 Å². The molecule has 2 atom stereocenters. The van der Waals surface area contributed by atoms with Crippen molar-refractivity contribution in [3.63, 3.8) is 0 Å². The van der Waals surface area contributed by atoms with Crippen LogP contribution in [0.4, 0.5) is 10.5 Å². The zero-order valence-electron chi connectivity index (χ0n) is 21.5. The van der Waals surface area contributed by atoms with Gasteiger partial charge in [-0.05, 0) is 85.7 Å². The zero-order valence-corrected chi connectivity index (χ0v) is 22.3. The van der Waals surface area contributed by atoms with Crippen LogP contribution in [0.25, 0.3) is 16.0 Å². The molecule has 0 radical (unpaired) electrons. The molecule has 1 aromatic heterocycles. The quantitative estimate of drug-likeness (QED) is 0.328. The van der Waals surface area contributed by atoms with Crippen LogP contribution in [-0.2, 0) is 14.3 Å². The summed E-state index contributed by atoms with van der Waals surface area (Å²) >= 11 is 1.36. The van der Waals surface area contributed by atoms with Crippen LogP contribution in [0.5, 0.6) is 0 Å². The molecule has 5 rings (SSSR count). The minimum absolute atomic E-state index is 0.0404. The van der Waals surface area contributed by atoms with Gasteiger partial charge in [0.05, 0.1) is 28.8 Å². The maximum absolute atomic E-state index is 12.7. The van der Waals surface area contributed by atoms with Crippen molar-refractivity contribution in [3.05, 3.63) is 77.5 Å². The van der Waals surface area contributed by atoms with E-state index in [1.807, 2.05) is 44.2 Å². The number of aryl methyl sites for hydroxylation is 1. The van der Waals surface area contributed by atoms with E-state index in [1.165, 1.54) is 29.8 Å². The summed E-state index contributed by atoms with van der Waals surface area (Å²) in [6.45, 7) is 3.74. The summed E-state index contributed by atoms with van der Waals surface area (Å²) in [4.78, 5) is 25.8. The number of esters is 1. The highest BCUT2D eigenvalue weighted by molar-refractivity contribution is 7.10. The molecule has 1 amide bonds. The number of hydrogen-bond donors (Lipinski definition) is 1. The van der Waals surface area contributed by atoms with E-state index < -0.39 is 6.09 Å². The number of nitrogens with zero attached hydrogens (tertiary/aromatic N) is 1. The second kappa shape index (κ2) is 10.5. The van der Waals surface area contributed by atoms with Crippen LogP contribution in [0.1, 0.15) is 62.0 Å². The number of allylic oxidation sites excluding steroid dienone is 2. The molecule has 1 heterocycles. The van der Waals surface area contributed by atoms with Crippen LogP contribution in [0.3, 0.4) is 0 Å². The van der Waals surface area contributed by atoms with Gasteiger partial charge in [-0.15, -0.1) is 0 Å². The number of hydrogen-bond acceptors (Lipinski definition) is 6. The van der Waals surface area contributed by atoms with E-state index in [1.54, 1.807) is 0 Å². The Hall–Kier alpha value is -3.45. The molecule has 0 spiro atoms. The van der Waals surface area contributed by atoms with E-state index in [4.69, 9.17) is 9.47 Å². The standard InChI is InChI=1S/C30H32N2O4S/c1-19-26(31-29(34)36-20(2)21-7-5-4-6-8-21)27(37-32-19)24-11-9-22(10-12-24)23-13-15-25(16-14-23)30(17-18-30)28(33)35-3/h4-13,20,25H,14-18H2,1-3H3,(H,31,34)/t20-,25?/m1/s1. The van der Waals surface area contributed by atoms with Gasteiger partial charge in [0.25, 0.3) is 0 Å². The highest BCUT2D eigenvalue weighted by Gasteiger charge is 2.56. The second-order valence-corrected chi connectivity index (χ2v) is 10.8. The molecular weight excluding hydrogens is 484 g/mol. The fourth-order valence-electron chi connectivity index (χ4n) is 5.35. The number of amides is 1. The van der Waals surface area contributed by atoms with Crippen molar-refractivity contribution in [2.75, 3.05) is 12.4 Å². The predicted octanol–water partition coefficient (Wildman–Crippen LogP) is 7.56. The van der Waals surface area contributed by atoms with E-state index >= 15 is 0 Å². The normalized spacial score (nSPS) is 18.9. The molecule has 1 unspecified atom stereocenters. The summed E-state index contributed by atoms with van der Waals surface area (Å²) in [6, 6.07) is 18.1. The van der Waals surface area contributed by atoms with Gasteiger partial charge in [-0.25, -0.2) is 4.79 Å². The van der Waals surface area contributed by atoms with Gasteiger partial charge >= 0.3 is 12.1 Å².